The molecule has 23 heavy (non-hydrogen) atoms. The lowest BCUT2D eigenvalue weighted by molar-refractivity contribution is 0.370. The van der Waals surface area contributed by atoms with Crippen molar-refractivity contribution in [2.75, 3.05) is 13.1 Å². The van der Waals surface area contributed by atoms with Gasteiger partial charge in [-0.05, 0) is 62.2 Å². The number of pyridine rings is 1. The van der Waals surface area contributed by atoms with Crippen LogP contribution in [0, 0.1) is 11.7 Å². The zero-order chi connectivity index (χ0) is 15.6. The summed E-state index contributed by atoms with van der Waals surface area (Å²) in [6.07, 6.45) is 5.03. The van der Waals surface area contributed by atoms with Crippen LogP contribution in [0.2, 0.25) is 0 Å². The largest absolute Gasteiger partial charge is 0.316 e. The van der Waals surface area contributed by atoms with E-state index in [1.165, 1.54) is 18.9 Å². The summed E-state index contributed by atoms with van der Waals surface area (Å²) in [7, 11) is 0. The SMILES string of the molecule is Fc1cccc(-n2c(CC3CCCNC3)nc3cccnc32)c1. The zero-order valence-corrected chi connectivity index (χ0v) is 12.9. The molecule has 1 N–H and O–H groups in total. The summed E-state index contributed by atoms with van der Waals surface area (Å²) < 4.78 is 15.7. The molecule has 3 aromatic rings. The lowest BCUT2D eigenvalue weighted by Crippen LogP contribution is -2.31. The van der Waals surface area contributed by atoms with Gasteiger partial charge in [-0.2, -0.15) is 0 Å². The molecule has 0 amide bonds. The summed E-state index contributed by atoms with van der Waals surface area (Å²) in [5, 5.41) is 3.44. The fourth-order valence-corrected chi connectivity index (χ4v) is 3.34. The van der Waals surface area contributed by atoms with Gasteiger partial charge in [0.2, 0.25) is 0 Å². The van der Waals surface area contributed by atoms with Gasteiger partial charge < -0.3 is 5.32 Å². The Kier molecular flexibility index (Phi) is 3.79. The second-order valence-corrected chi connectivity index (χ2v) is 6.11. The average molecular weight is 310 g/mol. The Morgan fingerprint density at radius 1 is 1.26 bits per heavy atom. The first-order valence-corrected chi connectivity index (χ1v) is 8.10. The van der Waals surface area contributed by atoms with Crippen LogP contribution >= 0.6 is 0 Å². The minimum absolute atomic E-state index is 0.245. The van der Waals surface area contributed by atoms with E-state index in [0.29, 0.717) is 5.92 Å². The Morgan fingerprint density at radius 3 is 3.04 bits per heavy atom. The summed E-state index contributed by atoms with van der Waals surface area (Å²) in [5.74, 6) is 1.27. The second kappa shape index (κ2) is 6.08. The van der Waals surface area contributed by atoms with Crippen LogP contribution in [0.5, 0.6) is 0 Å². The normalized spacial score (nSPS) is 18.4. The predicted octanol–water partition coefficient (Wildman–Crippen LogP) is 3.10. The topological polar surface area (TPSA) is 42.7 Å². The Balaban J connectivity index is 1.81. The molecule has 1 aliphatic rings. The minimum Gasteiger partial charge on any atom is -0.316 e. The molecule has 1 fully saturated rings. The molecule has 1 atom stereocenters. The molecule has 3 heterocycles. The number of halogens is 1. The van der Waals surface area contributed by atoms with E-state index in [2.05, 4.69) is 10.3 Å². The van der Waals surface area contributed by atoms with Crippen molar-refractivity contribution in [2.45, 2.75) is 19.3 Å². The second-order valence-electron chi connectivity index (χ2n) is 6.11. The number of nitrogens with one attached hydrogen (secondary N) is 1. The Hall–Kier alpha value is -2.27. The van der Waals surface area contributed by atoms with Gasteiger partial charge in [0, 0.05) is 12.6 Å². The van der Waals surface area contributed by atoms with E-state index < -0.39 is 0 Å². The van der Waals surface area contributed by atoms with Crippen molar-refractivity contribution < 1.29 is 4.39 Å². The molecule has 1 aromatic carbocycles. The van der Waals surface area contributed by atoms with E-state index in [0.717, 1.165) is 42.2 Å². The molecule has 2 aromatic heterocycles. The van der Waals surface area contributed by atoms with E-state index in [-0.39, 0.29) is 5.82 Å². The van der Waals surface area contributed by atoms with E-state index >= 15 is 0 Å². The standard InChI is InChI=1S/C18H19FN4/c19-14-5-1-6-15(11-14)23-17(10-13-4-2-8-20-12-13)22-16-7-3-9-21-18(16)23/h1,3,5-7,9,11,13,20H,2,4,8,10,12H2. The van der Waals surface area contributed by atoms with E-state index in [1.807, 2.05) is 22.8 Å². The van der Waals surface area contributed by atoms with Crippen molar-refractivity contribution in [1.82, 2.24) is 19.9 Å². The predicted molar refractivity (Wildman–Crippen MR) is 88.1 cm³/mol. The summed E-state index contributed by atoms with van der Waals surface area (Å²) in [6.45, 7) is 2.11. The maximum Gasteiger partial charge on any atom is 0.164 e. The average Bonchev–Trinajstić information content (AvgIpc) is 2.93. The van der Waals surface area contributed by atoms with Crippen LogP contribution < -0.4 is 5.32 Å². The monoisotopic (exact) mass is 310 g/mol. The highest BCUT2D eigenvalue weighted by Gasteiger charge is 2.19. The molecule has 5 heteroatoms. The lowest BCUT2D eigenvalue weighted by Gasteiger charge is -2.22. The molecule has 0 saturated carbocycles. The van der Waals surface area contributed by atoms with Crippen LogP contribution in [0.4, 0.5) is 4.39 Å². The fourth-order valence-electron chi connectivity index (χ4n) is 3.34. The summed E-state index contributed by atoms with van der Waals surface area (Å²) in [4.78, 5) is 9.23. The maximum absolute atomic E-state index is 13.7. The van der Waals surface area contributed by atoms with Crippen molar-refractivity contribution >= 4 is 11.2 Å². The first kappa shape index (κ1) is 14.3. The summed E-state index contributed by atoms with van der Waals surface area (Å²) in [6, 6.07) is 10.5. The van der Waals surface area contributed by atoms with Gasteiger partial charge in [0.25, 0.3) is 0 Å². The van der Waals surface area contributed by atoms with Crippen molar-refractivity contribution in [3.63, 3.8) is 0 Å². The number of benzene rings is 1. The highest BCUT2D eigenvalue weighted by atomic mass is 19.1. The number of piperidine rings is 1. The first-order valence-electron chi connectivity index (χ1n) is 8.10. The molecular weight excluding hydrogens is 291 g/mol. The molecule has 1 aliphatic heterocycles. The number of nitrogens with zero attached hydrogens (tertiary/aromatic N) is 3. The van der Waals surface area contributed by atoms with Crippen molar-refractivity contribution in [3.05, 3.63) is 54.2 Å². The Morgan fingerprint density at radius 2 is 2.22 bits per heavy atom. The number of imidazole rings is 1. The molecule has 4 rings (SSSR count). The smallest absolute Gasteiger partial charge is 0.164 e. The van der Waals surface area contributed by atoms with Crippen molar-refractivity contribution in [3.8, 4) is 5.69 Å². The van der Waals surface area contributed by atoms with Gasteiger partial charge in [0.1, 0.15) is 17.2 Å². The number of hydrogen-bond acceptors (Lipinski definition) is 3. The number of rotatable bonds is 3. The number of aromatic nitrogens is 3. The van der Waals surface area contributed by atoms with Crippen molar-refractivity contribution in [1.29, 1.82) is 0 Å². The van der Waals surface area contributed by atoms with Crippen LogP contribution in [0.3, 0.4) is 0 Å². The summed E-state index contributed by atoms with van der Waals surface area (Å²) >= 11 is 0. The van der Waals surface area contributed by atoms with Gasteiger partial charge in [-0.3, -0.25) is 4.57 Å². The third-order valence-electron chi connectivity index (χ3n) is 4.42. The Labute approximate surface area is 134 Å². The van der Waals surface area contributed by atoms with Crippen LogP contribution in [-0.2, 0) is 6.42 Å². The molecule has 4 nitrogen and oxygen atoms in total. The van der Waals surface area contributed by atoms with Gasteiger partial charge in [-0.1, -0.05) is 6.07 Å². The van der Waals surface area contributed by atoms with Crippen molar-refractivity contribution in [2.24, 2.45) is 5.92 Å². The molecule has 1 unspecified atom stereocenters. The molecule has 0 bridgehead atoms. The van der Waals surface area contributed by atoms with Crippen LogP contribution in [0.15, 0.2) is 42.6 Å². The molecule has 1 saturated heterocycles. The Bertz CT molecular complexity index is 821. The van der Waals surface area contributed by atoms with Gasteiger partial charge in [0.15, 0.2) is 5.65 Å². The number of fused-ring (bicyclic) bond motifs is 1. The highest BCUT2D eigenvalue weighted by molar-refractivity contribution is 5.73. The van der Waals surface area contributed by atoms with Crippen LogP contribution in [0.1, 0.15) is 18.7 Å². The molecular formula is C18H19FN4. The molecule has 0 radical (unpaired) electrons. The quantitative estimate of drug-likeness (QED) is 0.808. The van der Waals surface area contributed by atoms with Crippen LogP contribution in [0.25, 0.3) is 16.9 Å². The molecule has 0 aliphatic carbocycles. The third-order valence-corrected chi connectivity index (χ3v) is 4.42. The zero-order valence-electron chi connectivity index (χ0n) is 12.9. The van der Waals surface area contributed by atoms with Gasteiger partial charge in [-0.25, -0.2) is 14.4 Å². The van der Waals surface area contributed by atoms with Gasteiger partial charge in [-0.15, -0.1) is 0 Å². The number of hydrogen-bond donors (Lipinski definition) is 1. The molecule has 118 valence electrons. The highest BCUT2D eigenvalue weighted by Crippen LogP contribution is 2.24. The van der Waals surface area contributed by atoms with E-state index in [9.17, 15) is 4.39 Å². The van der Waals surface area contributed by atoms with E-state index in [1.54, 1.807) is 18.3 Å². The minimum atomic E-state index is -0.245. The third kappa shape index (κ3) is 2.84. The van der Waals surface area contributed by atoms with Crippen LogP contribution in [-0.4, -0.2) is 27.6 Å². The fraction of sp³-hybridized carbons (Fsp3) is 0.333. The maximum atomic E-state index is 13.7. The molecule has 0 spiro atoms. The van der Waals surface area contributed by atoms with E-state index in [4.69, 9.17) is 4.98 Å². The summed E-state index contributed by atoms with van der Waals surface area (Å²) in [5.41, 5.74) is 2.43. The van der Waals surface area contributed by atoms with Gasteiger partial charge in [0.05, 0.1) is 5.69 Å². The lowest BCUT2D eigenvalue weighted by atomic mass is 9.96. The first-order chi connectivity index (χ1) is 11.3. The van der Waals surface area contributed by atoms with Gasteiger partial charge >= 0.3 is 0 Å².